The predicted molar refractivity (Wildman–Crippen MR) is 119 cm³/mol. The molecule has 0 radical (unpaired) electrons. The van der Waals surface area contributed by atoms with E-state index in [1.54, 1.807) is 0 Å². The summed E-state index contributed by atoms with van der Waals surface area (Å²) in [6.45, 7) is 11.3. The minimum absolute atomic E-state index is 0.0531. The second-order valence-electron chi connectivity index (χ2n) is 8.01. The molecule has 0 unspecified atom stereocenters. The van der Waals surface area contributed by atoms with E-state index in [1.807, 2.05) is 0 Å². The molecule has 2 nitrogen and oxygen atoms in total. The molecule has 0 fully saturated rings. The lowest BCUT2D eigenvalue weighted by Crippen LogP contribution is -2.04. The molecule has 0 aliphatic carbocycles. The summed E-state index contributed by atoms with van der Waals surface area (Å²) in [5, 5.41) is 0. The molecular weight excluding hydrogens is 332 g/mol. The Morgan fingerprint density at radius 1 is 0.704 bits per heavy atom. The first-order valence-corrected chi connectivity index (χ1v) is 11.1. The van der Waals surface area contributed by atoms with Crippen LogP contribution in [0.25, 0.3) is 0 Å². The van der Waals surface area contributed by atoms with Crippen molar-refractivity contribution in [3.05, 3.63) is 34.9 Å². The Labute approximate surface area is 169 Å². The molecule has 0 N–H and O–H groups in total. The van der Waals surface area contributed by atoms with Crippen LogP contribution < -0.4 is 0 Å². The van der Waals surface area contributed by atoms with Gasteiger partial charge in [0.05, 0.1) is 0 Å². The van der Waals surface area contributed by atoms with Crippen molar-refractivity contribution in [3.63, 3.8) is 0 Å². The Morgan fingerprint density at radius 3 is 1.89 bits per heavy atom. The molecule has 27 heavy (non-hydrogen) atoms. The third-order valence-corrected chi connectivity index (χ3v) is 4.78. The zero-order chi connectivity index (χ0) is 20.3. The number of rotatable bonds is 16. The Balaban J connectivity index is 3.73. The molecule has 0 rings (SSSR count). The minimum Gasteiger partial charge on any atom is -0.461 e. The van der Waals surface area contributed by atoms with Gasteiger partial charge in [0, 0.05) is 6.42 Å². The van der Waals surface area contributed by atoms with E-state index in [2.05, 4.69) is 52.8 Å². The molecule has 0 aliphatic heterocycles. The van der Waals surface area contributed by atoms with E-state index in [0.717, 1.165) is 38.5 Å². The van der Waals surface area contributed by atoms with Crippen molar-refractivity contribution in [1.29, 1.82) is 0 Å². The van der Waals surface area contributed by atoms with Gasteiger partial charge in [-0.15, -0.1) is 0 Å². The second kappa shape index (κ2) is 18.1. The fraction of sp³-hybridized carbons (Fsp3) is 0.720. The average molecular weight is 377 g/mol. The molecule has 2 heteroatoms. The summed E-state index contributed by atoms with van der Waals surface area (Å²) in [6, 6.07) is 0. The average Bonchev–Trinajstić information content (AvgIpc) is 2.60. The summed E-state index contributed by atoms with van der Waals surface area (Å²) in [5.41, 5.74) is 4.15. The van der Waals surface area contributed by atoms with Crippen LogP contribution in [0.4, 0.5) is 0 Å². The van der Waals surface area contributed by atoms with Gasteiger partial charge in [0.2, 0.25) is 0 Å². The number of hydrogen-bond donors (Lipinski definition) is 0. The number of carbonyl (C=O) groups is 1. The summed E-state index contributed by atoms with van der Waals surface area (Å²) in [6.07, 6.45) is 20.2. The van der Waals surface area contributed by atoms with E-state index in [1.165, 1.54) is 48.8 Å². The first kappa shape index (κ1) is 25.7. The normalized spacial score (nSPS) is 12.2. The van der Waals surface area contributed by atoms with Crippen LogP contribution in [-0.4, -0.2) is 12.6 Å². The number of allylic oxidation sites excluding steroid dienone is 5. The van der Waals surface area contributed by atoms with E-state index in [9.17, 15) is 4.79 Å². The van der Waals surface area contributed by atoms with Crippen molar-refractivity contribution in [2.75, 3.05) is 6.61 Å². The van der Waals surface area contributed by atoms with Crippen molar-refractivity contribution in [2.45, 2.75) is 112 Å². The molecule has 0 heterocycles. The number of hydrogen-bond acceptors (Lipinski definition) is 2. The molecule has 0 aromatic heterocycles. The standard InChI is InChI=1S/C25H44O2/c1-6-7-8-9-10-11-12-19-25(26)27-21-20-24(5)18-14-17-23(4)16-13-15-22(2)3/h15,17,20H,6-14,16,18-19,21H2,1-5H3/b23-17+,24-20+. The van der Waals surface area contributed by atoms with Gasteiger partial charge in [-0.05, 0) is 65.9 Å². The summed E-state index contributed by atoms with van der Waals surface area (Å²) in [4.78, 5) is 11.7. The number of ether oxygens (including phenoxy) is 1. The van der Waals surface area contributed by atoms with Crippen molar-refractivity contribution in [1.82, 2.24) is 0 Å². The third-order valence-electron chi connectivity index (χ3n) is 4.78. The molecule has 0 saturated carbocycles. The number of carbonyl (C=O) groups excluding carboxylic acids is 1. The van der Waals surface area contributed by atoms with Crippen LogP contribution in [0.3, 0.4) is 0 Å². The third kappa shape index (κ3) is 19.3. The zero-order valence-corrected chi connectivity index (χ0v) is 18.7. The van der Waals surface area contributed by atoms with Gasteiger partial charge in [-0.3, -0.25) is 4.79 Å². The largest absolute Gasteiger partial charge is 0.461 e. The molecule has 0 aromatic rings. The lowest BCUT2D eigenvalue weighted by molar-refractivity contribution is -0.142. The molecule has 0 saturated heterocycles. The lowest BCUT2D eigenvalue weighted by atomic mass is 10.1. The zero-order valence-electron chi connectivity index (χ0n) is 18.7. The van der Waals surface area contributed by atoms with Gasteiger partial charge < -0.3 is 4.74 Å². The molecule has 0 aliphatic rings. The molecular formula is C25H44O2. The SMILES string of the molecule is CCCCCCCCCC(=O)OC/C=C(\C)CC/C=C(\C)CCC=C(C)C. The van der Waals surface area contributed by atoms with E-state index < -0.39 is 0 Å². The maximum Gasteiger partial charge on any atom is 0.306 e. The van der Waals surface area contributed by atoms with Gasteiger partial charge in [0.25, 0.3) is 0 Å². The Hall–Kier alpha value is -1.31. The topological polar surface area (TPSA) is 26.3 Å². The summed E-state index contributed by atoms with van der Waals surface area (Å²) < 4.78 is 5.32. The van der Waals surface area contributed by atoms with E-state index in [4.69, 9.17) is 4.74 Å². The van der Waals surface area contributed by atoms with Crippen LogP contribution in [0, 0.1) is 0 Å². The second-order valence-corrected chi connectivity index (χ2v) is 8.01. The van der Waals surface area contributed by atoms with Crippen LogP contribution in [0.5, 0.6) is 0 Å². The lowest BCUT2D eigenvalue weighted by Gasteiger charge is -2.04. The van der Waals surface area contributed by atoms with Crippen LogP contribution in [0.2, 0.25) is 0 Å². The van der Waals surface area contributed by atoms with Gasteiger partial charge in [-0.2, -0.15) is 0 Å². The van der Waals surface area contributed by atoms with Crippen LogP contribution in [0.1, 0.15) is 112 Å². The Bertz CT molecular complexity index is 465. The molecule has 0 aromatic carbocycles. The maximum absolute atomic E-state index is 11.7. The number of esters is 1. The summed E-state index contributed by atoms with van der Waals surface area (Å²) >= 11 is 0. The quantitative estimate of drug-likeness (QED) is 0.154. The van der Waals surface area contributed by atoms with Gasteiger partial charge in [-0.25, -0.2) is 0 Å². The fourth-order valence-corrected chi connectivity index (χ4v) is 2.91. The molecule has 0 bridgehead atoms. The Morgan fingerprint density at radius 2 is 1.26 bits per heavy atom. The van der Waals surface area contributed by atoms with E-state index >= 15 is 0 Å². The summed E-state index contributed by atoms with van der Waals surface area (Å²) in [5.74, 6) is -0.0531. The van der Waals surface area contributed by atoms with Gasteiger partial charge in [-0.1, -0.05) is 74.3 Å². The summed E-state index contributed by atoms with van der Waals surface area (Å²) in [7, 11) is 0. The van der Waals surface area contributed by atoms with Gasteiger partial charge >= 0.3 is 5.97 Å². The van der Waals surface area contributed by atoms with Crippen molar-refractivity contribution < 1.29 is 9.53 Å². The highest BCUT2D eigenvalue weighted by Gasteiger charge is 2.01. The number of unbranched alkanes of at least 4 members (excludes halogenated alkanes) is 6. The van der Waals surface area contributed by atoms with E-state index in [-0.39, 0.29) is 5.97 Å². The van der Waals surface area contributed by atoms with Crippen LogP contribution in [0.15, 0.2) is 34.9 Å². The van der Waals surface area contributed by atoms with Crippen molar-refractivity contribution >= 4 is 5.97 Å². The molecule has 0 amide bonds. The smallest absolute Gasteiger partial charge is 0.306 e. The molecule has 156 valence electrons. The highest BCUT2D eigenvalue weighted by Crippen LogP contribution is 2.12. The Kier molecular flexibility index (Phi) is 17.2. The minimum atomic E-state index is -0.0531. The fourth-order valence-electron chi connectivity index (χ4n) is 2.91. The van der Waals surface area contributed by atoms with Crippen molar-refractivity contribution in [3.8, 4) is 0 Å². The van der Waals surface area contributed by atoms with Crippen LogP contribution in [-0.2, 0) is 9.53 Å². The van der Waals surface area contributed by atoms with Gasteiger partial charge in [0.15, 0.2) is 0 Å². The monoisotopic (exact) mass is 376 g/mol. The predicted octanol–water partition coefficient (Wildman–Crippen LogP) is 8.09. The molecule has 0 atom stereocenters. The first-order valence-electron chi connectivity index (χ1n) is 11.1. The first-order chi connectivity index (χ1) is 13.0. The van der Waals surface area contributed by atoms with Crippen molar-refractivity contribution in [2.24, 2.45) is 0 Å². The highest BCUT2D eigenvalue weighted by atomic mass is 16.5. The molecule has 0 spiro atoms. The maximum atomic E-state index is 11.7. The van der Waals surface area contributed by atoms with Crippen LogP contribution >= 0.6 is 0 Å². The van der Waals surface area contributed by atoms with Gasteiger partial charge in [0.1, 0.15) is 6.61 Å². The highest BCUT2D eigenvalue weighted by molar-refractivity contribution is 5.69. The van der Waals surface area contributed by atoms with E-state index in [0.29, 0.717) is 13.0 Å².